The summed E-state index contributed by atoms with van der Waals surface area (Å²) < 4.78 is 0. The highest BCUT2D eigenvalue weighted by Gasteiger charge is 2.09. The lowest BCUT2D eigenvalue weighted by atomic mass is 10.1. The fourth-order valence-corrected chi connectivity index (χ4v) is 2.80. The van der Waals surface area contributed by atoms with Gasteiger partial charge in [-0.25, -0.2) is 0 Å². The number of nitrogens with two attached hydrogens (primary N) is 1. The van der Waals surface area contributed by atoms with Crippen molar-refractivity contribution in [1.82, 2.24) is 4.98 Å². The lowest BCUT2D eigenvalue weighted by Gasteiger charge is -2.11. The highest BCUT2D eigenvalue weighted by molar-refractivity contribution is 8.08. The molecule has 1 aromatic carbocycles. The van der Waals surface area contributed by atoms with Gasteiger partial charge in [0.15, 0.2) is 0 Å². The maximum atomic E-state index is 11.3. The van der Waals surface area contributed by atoms with Gasteiger partial charge in [0.25, 0.3) is 0 Å². The van der Waals surface area contributed by atoms with Gasteiger partial charge in [0.05, 0.1) is 17.5 Å². The van der Waals surface area contributed by atoms with E-state index < -0.39 is 0 Å². The summed E-state index contributed by atoms with van der Waals surface area (Å²) in [4.78, 5) is 16.4. The van der Waals surface area contributed by atoms with Crippen LogP contribution in [0.3, 0.4) is 0 Å². The van der Waals surface area contributed by atoms with Crippen LogP contribution >= 0.6 is 11.8 Å². The first kappa shape index (κ1) is 16.1. The van der Waals surface area contributed by atoms with Crippen LogP contribution in [0.2, 0.25) is 0 Å². The summed E-state index contributed by atoms with van der Waals surface area (Å²) in [5, 5.41) is 3.29. The Balaban J connectivity index is 2.07. The zero-order valence-corrected chi connectivity index (χ0v) is 13.2. The van der Waals surface area contributed by atoms with Gasteiger partial charge < -0.3 is 11.1 Å². The van der Waals surface area contributed by atoms with Crippen molar-refractivity contribution in [2.45, 2.75) is 6.92 Å². The number of aromatic nitrogens is 1. The quantitative estimate of drug-likeness (QED) is 0.769. The number of primary amides is 1. The molecule has 0 bridgehead atoms. The molecule has 1 aromatic heterocycles. The van der Waals surface area contributed by atoms with E-state index in [0.29, 0.717) is 5.88 Å². The van der Waals surface area contributed by atoms with Crippen molar-refractivity contribution < 1.29 is 4.79 Å². The first-order valence-electron chi connectivity index (χ1n) is 7.00. The number of carbonyl (C=O) groups excluding carboxylic acids is 1. The van der Waals surface area contributed by atoms with Gasteiger partial charge in [-0.3, -0.25) is 9.78 Å². The number of rotatable bonds is 7. The summed E-state index contributed by atoms with van der Waals surface area (Å²) in [7, 11) is 0. The first-order valence-corrected chi connectivity index (χ1v) is 7.98. The van der Waals surface area contributed by atoms with Crippen molar-refractivity contribution in [2.24, 2.45) is 11.7 Å². The molecule has 1 heterocycles. The van der Waals surface area contributed by atoms with Crippen LogP contribution < -0.4 is 11.1 Å². The third-order valence-electron chi connectivity index (χ3n) is 3.07. The molecular formula is C17H19N3OS. The number of nitrogens with zero attached hydrogens (tertiary/aromatic N) is 1. The molecule has 1 atom stereocenters. The lowest BCUT2D eigenvalue weighted by molar-refractivity contribution is -0.119. The van der Waals surface area contributed by atoms with Crippen molar-refractivity contribution >= 4 is 28.3 Å². The SMILES string of the molecule is CC(/C=C(\SCNc1cccnc1)c1ccccc1)C(N)=O. The molecule has 22 heavy (non-hydrogen) atoms. The highest BCUT2D eigenvalue weighted by Crippen LogP contribution is 2.29. The molecule has 0 radical (unpaired) electrons. The summed E-state index contributed by atoms with van der Waals surface area (Å²) in [6, 6.07) is 13.8. The van der Waals surface area contributed by atoms with Crippen LogP contribution in [0.25, 0.3) is 4.91 Å². The Morgan fingerprint density at radius 2 is 2.09 bits per heavy atom. The minimum Gasteiger partial charge on any atom is -0.374 e. The Morgan fingerprint density at radius 3 is 2.73 bits per heavy atom. The zero-order chi connectivity index (χ0) is 15.8. The Bertz CT molecular complexity index is 629. The molecule has 2 aromatic rings. The average molecular weight is 313 g/mol. The summed E-state index contributed by atoms with van der Waals surface area (Å²) in [6.07, 6.45) is 5.42. The summed E-state index contributed by atoms with van der Waals surface area (Å²) >= 11 is 1.63. The number of amides is 1. The van der Waals surface area contributed by atoms with E-state index in [1.54, 1.807) is 31.1 Å². The van der Waals surface area contributed by atoms with Crippen LogP contribution in [-0.2, 0) is 4.79 Å². The Labute approximate surface area is 134 Å². The van der Waals surface area contributed by atoms with Crippen LogP contribution in [0.1, 0.15) is 12.5 Å². The normalized spacial score (nSPS) is 12.7. The highest BCUT2D eigenvalue weighted by atomic mass is 32.2. The van der Waals surface area contributed by atoms with E-state index in [2.05, 4.69) is 10.3 Å². The number of carbonyl (C=O) groups is 1. The largest absolute Gasteiger partial charge is 0.374 e. The number of pyridine rings is 1. The molecule has 0 aliphatic rings. The average Bonchev–Trinajstić information content (AvgIpc) is 2.55. The smallest absolute Gasteiger partial charge is 0.224 e. The van der Waals surface area contributed by atoms with Gasteiger partial charge >= 0.3 is 0 Å². The fraction of sp³-hybridized carbons (Fsp3) is 0.176. The third-order valence-corrected chi connectivity index (χ3v) is 4.05. The molecule has 0 aliphatic carbocycles. The standard InChI is InChI=1S/C17H19N3OS/c1-13(17(18)21)10-16(14-6-3-2-4-7-14)22-12-20-15-8-5-9-19-11-15/h2-11,13,20H,12H2,1H3,(H2,18,21)/b16-10-. The molecule has 114 valence electrons. The number of hydrogen-bond acceptors (Lipinski definition) is 4. The molecule has 0 saturated carbocycles. The molecule has 0 spiro atoms. The van der Waals surface area contributed by atoms with E-state index in [1.807, 2.05) is 48.5 Å². The van der Waals surface area contributed by atoms with Crippen LogP contribution in [0.5, 0.6) is 0 Å². The van der Waals surface area contributed by atoms with Crippen molar-refractivity contribution in [3.05, 3.63) is 66.5 Å². The Morgan fingerprint density at radius 1 is 1.32 bits per heavy atom. The maximum absolute atomic E-state index is 11.3. The summed E-state index contributed by atoms with van der Waals surface area (Å²) in [5.74, 6) is 0.0492. The van der Waals surface area contributed by atoms with Crippen LogP contribution in [-0.4, -0.2) is 16.8 Å². The molecule has 5 heteroatoms. The van der Waals surface area contributed by atoms with E-state index in [4.69, 9.17) is 5.73 Å². The summed E-state index contributed by atoms with van der Waals surface area (Å²) in [5.41, 5.74) is 7.41. The predicted molar refractivity (Wildman–Crippen MR) is 93.1 cm³/mol. The van der Waals surface area contributed by atoms with Crippen molar-refractivity contribution in [3.63, 3.8) is 0 Å². The molecule has 0 aliphatic heterocycles. The molecule has 0 saturated heterocycles. The van der Waals surface area contributed by atoms with Crippen LogP contribution in [0.15, 0.2) is 60.9 Å². The second kappa shape index (κ2) is 8.24. The minimum absolute atomic E-state index is 0.305. The molecule has 4 nitrogen and oxygen atoms in total. The molecule has 3 N–H and O–H groups in total. The van der Waals surface area contributed by atoms with Gasteiger partial charge in [-0.1, -0.05) is 43.3 Å². The fourth-order valence-electron chi connectivity index (χ4n) is 1.80. The second-order valence-electron chi connectivity index (χ2n) is 4.80. The van der Waals surface area contributed by atoms with Gasteiger partial charge in [-0.15, -0.1) is 11.8 Å². The van der Waals surface area contributed by atoms with E-state index >= 15 is 0 Å². The van der Waals surface area contributed by atoms with Gasteiger partial charge in [0.1, 0.15) is 0 Å². The van der Waals surface area contributed by atoms with Gasteiger partial charge in [-0.05, 0) is 17.7 Å². The number of benzene rings is 1. The molecule has 0 fully saturated rings. The first-order chi connectivity index (χ1) is 10.7. The van der Waals surface area contributed by atoms with Crippen molar-refractivity contribution in [1.29, 1.82) is 0 Å². The van der Waals surface area contributed by atoms with Crippen molar-refractivity contribution in [2.75, 3.05) is 11.2 Å². The Hall–Kier alpha value is -2.27. The van der Waals surface area contributed by atoms with Crippen LogP contribution in [0.4, 0.5) is 5.69 Å². The third kappa shape index (κ3) is 4.93. The van der Waals surface area contributed by atoms with Crippen LogP contribution in [0, 0.1) is 5.92 Å². The maximum Gasteiger partial charge on any atom is 0.224 e. The van der Waals surface area contributed by atoms with E-state index in [1.165, 1.54) is 0 Å². The number of nitrogens with one attached hydrogen (secondary N) is 1. The number of anilines is 1. The van der Waals surface area contributed by atoms with E-state index in [-0.39, 0.29) is 11.8 Å². The summed E-state index contributed by atoms with van der Waals surface area (Å²) in [6.45, 7) is 1.81. The molecular weight excluding hydrogens is 294 g/mol. The lowest BCUT2D eigenvalue weighted by Crippen LogP contribution is -2.18. The minimum atomic E-state index is -0.325. The monoisotopic (exact) mass is 313 g/mol. The van der Waals surface area contributed by atoms with Gasteiger partial charge in [0, 0.05) is 17.3 Å². The second-order valence-corrected chi connectivity index (χ2v) is 5.81. The number of thioether (sulfide) groups is 1. The number of hydrogen-bond donors (Lipinski definition) is 2. The molecule has 1 amide bonds. The predicted octanol–water partition coefficient (Wildman–Crippen LogP) is 3.35. The van der Waals surface area contributed by atoms with E-state index in [0.717, 1.165) is 16.2 Å². The van der Waals surface area contributed by atoms with Gasteiger partial charge in [0.2, 0.25) is 5.91 Å². The van der Waals surface area contributed by atoms with Crippen molar-refractivity contribution in [3.8, 4) is 0 Å². The van der Waals surface area contributed by atoms with Gasteiger partial charge in [-0.2, -0.15) is 0 Å². The van der Waals surface area contributed by atoms with E-state index in [9.17, 15) is 4.79 Å². The molecule has 1 unspecified atom stereocenters. The zero-order valence-electron chi connectivity index (χ0n) is 12.4. The molecule has 2 rings (SSSR count). The topological polar surface area (TPSA) is 68.0 Å². The Kier molecular flexibility index (Phi) is 6.03.